The second-order valence-corrected chi connectivity index (χ2v) is 7.44. The zero-order valence-electron chi connectivity index (χ0n) is 16.9. The van der Waals surface area contributed by atoms with Gasteiger partial charge < -0.3 is 5.32 Å². The van der Waals surface area contributed by atoms with Crippen LogP contribution in [-0.4, -0.2) is 11.0 Å². The highest BCUT2D eigenvalue weighted by molar-refractivity contribution is 6.01. The molecular formula is C24H30N2. The van der Waals surface area contributed by atoms with E-state index in [9.17, 15) is 0 Å². The van der Waals surface area contributed by atoms with Gasteiger partial charge in [0.25, 0.3) is 0 Å². The third-order valence-electron chi connectivity index (χ3n) is 5.26. The van der Waals surface area contributed by atoms with Gasteiger partial charge in [-0.2, -0.15) is 0 Å². The predicted octanol–water partition coefficient (Wildman–Crippen LogP) is 6.74. The van der Waals surface area contributed by atoms with Crippen molar-refractivity contribution in [2.45, 2.75) is 60.4 Å². The largest absolute Gasteiger partial charge is 0.382 e. The first-order valence-corrected chi connectivity index (χ1v) is 9.69. The molecule has 0 unspecified atom stereocenters. The number of aryl methyl sites for hydroxylation is 4. The topological polar surface area (TPSA) is 24.9 Å². The normalized spacial score (nSPS) is 11.3. The number of rotatable bonds is 5. The first kappa shape index (κ1) is 18.4. The number of fused-ring (bicyclic) bond motifs is 1. The summed E-state index contributed by atoms with van der Waals surface area (Å²) in [6.45, 7) is 13.1. The first-order valence-electron chi connectivity index (χ1n) is 9.69. The minimum atomic E-state index is 0.492. The van der Waals surface area contributed by atoms with Crippen LogP contribution in [0.5, 0.6) is 0 Å². The molecule has 0 spiro atoms. The molecule has 2 aromatic carbocycles. The molecular weight excluding hydrogens is 316 g/mol. The molecule has 0 aliphatic rings. The molecule has 0 saturated heterocycles. The number of pyridine rings is 1. The molecule has 26 heavy (non-hydrogen) atoms. The Morgan fingerprint density at radius 3 is 2.19 bits per heavy atom. The zero-order chi connectivity index (χ0) is 18.8. The SMILES string of the molecule is CCC(CC)Nc1cc(C)nc2c(-c3c(C)cc(C)cc3C)cccc12. The fourth-order valence-corrected chi connectivity index (χ4v) is 4.02. The van der Waals surface area contributed by atoms with E-state index >= 15 is 0 Å². The number of hydrogen-bond acceptors (Lipinski definition) is 2. The lowest BCUT2D eigenvalue weighted by atomic mass is 9.92. The molecule has 1 aromatic heterocycles. The van der Waals surface area contributed by atoms with Crippen molar-refractivity contribution in [3.05, 3.63) is 58.8 Å². The summed E-state index contributed by atoms with van der Waals surface area (Å²) in [6, 6.07) is 13.8. The average Bonchev–Trinajstić information content (AvgIpc) is 2.59. The van der Waals surface area contributed by atoms with Gasteiger partial charge in [-0.05, 0) is 63.3 Å². The van der Waals surface area contributed by atoms with E-state index < -0.39 is 0 Å². The third kappa shape index (κ3) is 3.46. The summed E-state index contributed by atoms with van der Waals surface area (Å²) in [5.41, 5.74) is 9.83. The van der Waals surface area contributed by atoms with Gasteiger partial charge in [-0.25, -0.2) is 0 Å². The maximum atomic E-state index is 4.94. The zero-order valence-corrected chi connectivity index (χ0v) is 16.9. The molecule has 0 radical (unpaired) electrons. The van der Waals surface area contributed by atoms with E-state index in [1.165, 1.54) is 38.9 Å². The Morgan fingerprint density at radius 2 is 1.58 bits per heavy atom. The maximum Gasteiger partial charge on any atom is 0.0804 e. The van der Waals surface area contributed by atoms with Crippen molar-refractivity contribution in [2.24, 2.45) is 0 Å². The molecule has 3 rings (SSSR count). The summed E-state index contributed by atoms with van der Waals surface area (Å²) in [7, 11) is 0. The van der Waals surface area contributed by atoms with Gasteiger partial charge in [0, 0.05) is 28.4 Å². The molecule has 136 valence electrons. The van der Waals surface area contributed by atoms with Gasteiger partial charge in [-0.15, -0.1) is 0 Å². The summed E-state index contributed by atoms with van der Waals surface area (Å²) in [6.07, 6.45) is 2.24. The summed E-state index contributed by atoms with van der Waals surface area (Å²) < 4.78 is 0. The summed E-state index contributed by atoms with van der Waals surface area (Å²) in [5, 5.41) is 4.95. The van der Waals surface area contributed by atoms with E-state index in [-0.39, 0.29) is 0 Å². The number of benzene rings is 2. The van der Waals surface area contributed by atoms with Gasteiger partial charge in [0.2, 0.25) is 0 Å². The summed E-state index contributed by atoms with van der Waals surface area (Å²) in [4.78, 5) is 4.94. The molecule has 0 amide bonds. The number of nitrogens with one attached hydrogen (secondary N) is 1. The standard InChI is InChI=1S/C24H30N2/c1-7-19(8-2)26-22-14-18(6)25-24-20(22)10-9-11-21(24)23-16(4)12-15(3)13-17(23)5/h9-14,19H,7-8H2,1-6H3,(H,25,26). The molecule has 1 heterocycles. The van der Waals surface area contributed by atoms with E-state index in [1.807, 2.05) is 0 Å². The molecule has 3 aromatic rings. The third-order valence-corrected chi connectivity index (χ3v) is 5.26. The van der Waals surface area contributed by atoms with E-state index in [2.05, 4.69) is 83.3 Å². The second-order valence-electron chi connectivity index (χ2n) is 7.44. The molecule has 0 fully saturated rings. The van der Waals surface area contributed by atoms with Crippen LogP contribution < -0.4 is 5.32 Å². The minimum absolute atomic E-state index is 0.492. The Hall–Kier alpha value is -2.35. The molecule has 0 atom stereocenters. The van der Waals surface area contributed by atoms with Crippen LogP contribution in [0, 0.1) is 27.7 Å². The maximum absolute atomic E-state index is 4.94. The van der Waals surface area contributed by atoms with Crippen LogP contribution in [-0.2, 0) is 0 Å². The highest BCUT2D eigenvalue weighted by atomic mass is 14.9. The van der Waals surface area contributed by atoms with Crippen LogP contribution >= 0.6 is 0 Å². The molecule has 2 nitrogen and oxygen atoms in total. The summed E-state index contributed by atoms with van der Waals surface area (Å²) in [5.74, 6) is 0. The van der Waals surface area contributed by atoms with Crippen LogP contribution in [0.4, 0.5) is 5.69 Å². The Kier molecular flexibility index (Phi) is 5.31. The average molecular weight is 347 g/mol. The van der Waals surface area contributed by atoms with Crippen molar-refractivity contribution >= 4 is 16.6 Å². The van der Waals surface area contributed by atoms with Gasteiger partial charge in [0.15, 0.2) is 0 Å². The Morgan fingerprint density at radius 1 is 0.923 bits per heavy atom. The van der Waals surface area contributed by atoms with E-state index in [0.29, 0.717) is 6.04 Å². The van der Waals surface area contributed by atoms with E-state index in [1.54, 1.807) is 0 Å². The molecule has 0 aliphatic carbocycles. The molecule has 2 heteroatoms. The van der Waals surface area contributed by atoms with Crippen LogP contribution in [0.25, 0.3) is 22.0 Å². The Labute approximate surface area is 157 Å². The molecule has 0 aliphatic heterocycles. The molecule has 0 bridgehead atoms. The van der Waals surface area contributed by atoms with Gasteiger partial charge in [-0.1, -0.05) is 49.7 Å². The lowest BCUT2D eigenvalue weighted by Crippen LogP contribution is -2.17. The Balaban J connectivity index is 2.25. The lowest BCUT2D eigenvalue weighted by molar-refractivity contribution is 0.672. The smallest absolute Gasteiger partial charge is 0.0804 e. The van der Waals surface area contributed by atoms with Crippen molar-refractivity contribution in [3.63, 3.8) is 0 Å². The van der Waals surface area contributed by atoms with E-state index in [4.69, 9.17) is 4.98 Å². The van der Waals surface area contributed by atoms with Crippen molar-refractivity contribution in [2.75, 3.05) is 5.32 Å². The van der Waals surface area contributed by atoms with Crippen molar-refractivity contribution in [1.82, 2.24) is 4.98 Å². The van der Waals surface area contributed by atoms with Gasteiger partial charge >= 0.3 is 0 Å². The van der Waals surface area contributed by atoms with Gasteiger partial charge in [-0.3, -0.25) is 4.98 Å². The Bertz CT molecular complexity index is 913. The van der Waals surface area contributed by atoms with Crippen LogP contribution in [0.2, 0.25) is 0 Å². The van der Waals surface area contributed by atoms with Crippen molar-refractivity contribution < 1.29 is 0 Å². The number of para-hydroxylation sites is 1. The predicted molar refractivity (Wildman–Crippen MR) is 114 cm³/mol. The van der Waals surface area contributed by atoms with Gasteiger partial charge in [0.1, 0.15) is 0 Å². The number of anilines is 1. The van der Waals surface area contributed by atoms with Crippen LogP contribution in [0.1, 0.15) is 49.1 Å². The quantitative estimate of drug-likeness (QED) is 0.553. The fraction of sp³-hybridized carbons (Fsp3) is 0.375. The van der Waals surface area contributed by atoms with Crippen molar-refractivity contribution in [1.29, 1.82) is 0 Å². The van der Waals surface area contributed by atoms with Gasteiger partial charge in [0.05, 0.1) is 5.52 Å². The van der Waals surface area contributed by atoms with Crippen LogP contribution in [0.15, 0.2) is 36.4 Å². The number of nitrogens with zero attached hydrogens (tertiary/aromatic N) is 1. The fourth-order valence-electron chi connectivity index (χ4n) is 4.02. The lowest BCUT2D eigenvalue weighted by Gasteiger charge is -2.20. The van der Waals surface area contributed by atoms with E-state index in [0.717, 1.165) is 24.1 Å². The summed E-state index contributed by atoms with van der Waals surface area (Å²) >= 11 is 0. The van der Waals surface area contributed by atoms with Crippen LogP contribution in [0.3, 0.4) is 0 Å². The minimum Gasteiger partial charge on any atom is -0.382 e. The number of aromatic nitrogens is 1. The van der Waals surface area contributed by atoms with Crippen molar-refractivity contribution in [3.8, 4) is 11.1 Å². The molecule has 1 N–H and O–H groups in total. The highest BCUT2D eigenvalue weighted by Gasteiger charge is 2.14. The first-order chi connectivity index (χ1) is 12.4. The highest BCUT2D eigenvalue weighted by Crippen LogP contribution is 2.36. The molecule has 0 saturated carbocycles. The number of hydrogen-bond donors (Lipinski definition) is 1. The monoisotopic (exact) mass is 346 g/mol. The second kappa shape index (κ2) is 7.49.